The lowest BCUT2D eigenvalue weighted by Gasteiger charge is -2.33. The van der Waals surface area contributed by atoms with E-state index in [0.29, 0.717) is 29.2 Å². The summed E-state index contributed by atoms with van der Waals surface area (Å²) in [6, 6.07) is 12.8. The lowest BCUT2D eigenvalue weighted by Crippen LogP contribution is -2.45. The van der Waals surface area contributed by atoms with E-state index >= 15 is 0 Å². The maximum atomic E-state index is 12.6. The summed E-state index contributed by atoms with van der Waals surface area (Å²) in [7, 11) is 0. The number of amides is 2. The summed E-state index contributed by atoms with van der Waals surface area (Å²) in [6.45, 7) is 6.52. The molecule has 0 unspecified atom stereocenters. The van der Waals surface area contributed by atoms with Crippen molar-refractivity contribution in [1.29, 1.82) is 0 Å². The molecular formula is C22H25N3O4. The maximum absolute atomic E-state index is 12.6. The van der Waals surface area contributed by atoms with Gasteiger partial charge in [0.05, 0.1) is 18.9 Å². The molecule has 2 amide bonds. The van der Waals surface area contributed by atoms with Crippen LogP contribution in [0.4, 0.5) is 11.4 Å². The van der Waals surface area contributed by atoms with Gasteiger partial charge in [0, 0.05) is 37.4 Å². The minimum absolute atomic E-state index is 0.0328. The predicted molar refractivity (Wildman–Crippen MR) is 111 cm³/mol. The van der Waals surface area contributed by atoms with E-state index in [1.165, 1.54) is 0 Å². The number of nitrogens with one attached hydrogen (secondary N) is 1. The highest BCUT2D eigenvalue weighted by atomic mass is 16.5. The molecule has 0 saturated carbocycles. The molecule has 7 heteroatoms. The fraction of sp³-hybridized carbons (Fsp3) is 0.364. The number of hydrogen-bond donors (Lipinski definition) is 1. The summed E-state index contributed by atoms with van der Waals surface area (Å²) in [5.41, 5.74) is 2.94. The molecule has 0 spiro atoms. The molecule has 0 atom stereocenters. The second-order valence-corrected chi connectivity index (χ2v) is 7.29. The van der Waals surface area contributed by atoms with Crippen LogP contribution in [-0.4, -0.2) is 62.7 Å². The molecule has 0 aromatic heterocycles. The molecule has 152 valence electrons. The van der Waals surface area contributed by atoms with Gasteiger partial charge in [0.1, 0.15) is 5.75 Å². The van der Waals surface area contributed by atoms with Gasteiger partial charge in [0.2, 0.25) is 0 Å². The average Bonchev–Trinajstić information content (AvgIpc) is 2.74. The molecule has 0 radical (unpaired) electrons. The van der Waals surface area contributed by atoms with Gasteiger partial charge in [-0.25, -0.2) is 0 Å². The van der Waals surface area contributed by atoms with Gasteiger partial charge in [-0.1, -0.05) is 17.7 Å². The third-order valence-electron chi connectivity index (χ3n) is 5.18. The summed E-state index contributed by atoms with van der Waals surface area (Å²) < 4.78 is 11.0. The minimum Gasteiger partial charge on any atom is -0.482 e. The number of nitrogens with zero attached hydrogens (tertiary/aromatic N) is 2. The number of carbonyl (C=O) groups is 2. The Morgan fingerprint density at radius 3 is 2.72 bits per heavy atom. The summed E-state index contributed by atoms with van der Waals surface area (Å²) in [4.78, 5) is 29.1. The van der Waals surface area contributed by atoms with Crippen LogP contribution in [0.1, 0.15) is 15.9 Å². The molecule has 1 fully saturated rings. The van der Waals surface area contributed by atoms with Crippen LogP contribution in [0, 0.1) is 6.92 Å². The molecular weight excluding hydrogens is 370 g/mol. The van der Waals surface area contributed by atoms with Crippen molar-refractivity contribution in [2.24, 2.45) is 0 Å². The first-order valence-corrected chi connectivity index (χ1v) is 9.85. The summed E-state index contributed by atoms with van der Waals surface area (Å²) in [5.74, 6) is 0.393. The Bertz CT molecular complexity index is 909. The Hall–Kier alpha value is -2.90. The lowest BCUT2D eigenvalue weighted by molar-refractivity contribution is -0.121. The molecule has 4 rings (SSSR count). The van der Waals surface area contributed by atoms with Gasteiger partial charge in [-0.15, -0.1) is 0 Å². The number of anilines is 2. The van der Waals surface area contributed by atoms with E-state index < -0.39 is 0 Å². The number of hydrogen-bond acceptors (Lipinski definition) is 5. The highest BCUT2D eigenvalue weighted by Gasteiger charge is 2.26. The molecule has 2 aliphatic heterocycles. The highest BCUT2D eigenvalue weighted by Crippen LogP contribution is 2.34. The van der Waals surface area contributed by atoms with E-state index in [0.717, 1.165) is 38.4 Å². The third-order valence-corrected chi connectivity index (χ3v) is 5.18. The van der Waals surface area contributed by atoms with Crippen molar-refractivity contribution >= 4 is 23.2 Å². The number of rotatable bonds is 5. The second kappa shape index (κ2) is 8.63. The van der Waals surface area contributed by atoms with E-state index in [1.54, 1.807) is 29.2 Å². The standard InChI is InChI=1S/C22H25N3O4/c1-16-3-2-4-17(13-16)22(27)23-18-5-6-20-19(14-18)25(21(26)15-29-20)8-7-24-9-11-28-12-10-24/h2-6,13-14H,7-12,15H2,1H3,(H,23,27). The molecule has 7 nitrogen and oxygen atoms in total. The van der Waals surface area contributed by atoms with Crippen molar-refractivity contribution in [2.45, 2.75) is 6.92 Å². The van der Waals surface area contributed by atoms with Gasteiger partial charge >= 0.3 is 0 Å². The number of benzene rings is 2. The van der Waals surface area contributed by atoms with Gasteiger partial charge < -0.3 is 19.7 Å². The average molecular weight is 395 g/mol. The van der Waals surface area contributed by atoms with Crippen LogP contribution in [0.15, 0.2) is 42.5 Å². The van der Waals surface area contributed by atoms with Crippen LogP contribution < -0.4 is 15.0 Å². The summed E-state index contributed by atoms with van der Waals surface area (Å²) >= 11 is 0. The maximum Gasteiger partial charge on any atom is 0.265 e. The molecule has 0 aliphatic carbocycles. The quantitative estimate of drug-likeness (QED) is 0.841. The Kier molecular flexibility index (Phi) is 5.78. The zero-order valence-corrected chi connectivity index (χ0v) is 16.5. The SMILES string of the molecule is Cc1cccc(C(=O)Nc2ccc3c(c2)N(CCN2CCOCC2)C(=O)CO3)c1. The molecule has 2 aliphatic rings. The van der Waals surface area contributed by atoms with Crippen LogP contribution in [0.5, 0.6) is 5.75 Å². The smallest absolute Gasteiger partial charge is 0.265 e. The van der Waals surface area contributed by atoms with Crippen LogP contribution in [-0.2, 0) is 9.53 Å². The van der Waals surface area contributed by atoms with Crippen molar-refractivity contribution in [3.8, 4) is 5.75 Å². The third kappa shape index (κ3) is 4.58. The Labute approximate surface area is 170 Å². The second-order valence-electron chi connectivity index (χ2n) is 7.29. The minimum atomic E-state index is -0.184. The lowest BCUT2D eigenvalue weighted by atomic mass is 10.1. The van der Waals surface area contributed by atoms with Crippen LogP contribution in [0.3, 0.4) is 0 Å². The Morgan fingerprint density at radius 1 is 1.10 bits per heavy atom. The molecule has 0 bridgehead atoms. The van der Waals surface area contributed by atoms with Gasteiger partial charge in [-0.05, 0) is 37.3 Å². The van der Waals surface area contributed by atoms with Gasteiger partial charge in [-0.3, -0.25) is 14.5 Å². The fourth-order valence-corrected chi connectivity index (χ4v) is 3.58. The summed E-state index contributed by atoms with van der Waals surface area (Å²) in [5, 5.41) is 2.92. The normalized spacial score (nSPS) is 16.9. The van der Waals surface area contributed by atoms with Crippen molar-refractivity contribution in [3.63, 3.8) is 0 Å². The highest BCUT2D eigenvalue weighted by molar-refractivity contribution is 6.05. The van der Waals surface area contributed by atoms with Crippen molar-refractivity contribution in [2.75, 3.05) is 56.2 Å². The van der Waals surface area contributed by atoms with Crippen LogP contribution >= 0.6 is 0 Å². The first-order chi connectivity index (χ1) is 14.1. The van der Waals surface area contributed by atoms with Crippen molar-refractivity contribution in [1.82, 2.24) is 4.90 Å². The number of carbonyl (C=O) groups excluding carboxylic acids is 2. The molecule has 1 saturated heterocycles. The van der Waals surface area contributed by atoms with E-state index in [9.17, 15) is 9.59 Å². The Morgan fingerprint density at radius 2 is 1.93 bits per heavy atom. The van der Waals surface area contributed by atoms with E-state index in [-0.39, 0.29) is 18.4 Å². The van der Waals surface area contributed by atoms with Gasteiger partial charge in [-0.2, -0.15) is 0 Å². The number of ether oxygens (including phenoxy) is 2. The first-order valence-electron chi connectivity index (χ1n) is 9.85. The van der Waals surface area contributed by atoms with Crippen molar-refractivity contribution < 1.29 is 19.1 Å². The molecule has 2 aromatic rings. The number of fused-ring (bicyclic) bond motifs is 1. The van der Waals surface area contributed by atoms with Crippen LogP contribution in [0.2, 0.25) is 0 Å². The summed E-state index contributed by atoms with van der Waals surface area (Å²) in [6.07, 6.45) is 0. The largest absolute Gasteiger partial charge is 0.482 e. The first kappa shape index (κ1) is 19.4. The molecule has 2 heterocycles. The zero-order chi connectivity index (χ0) is 20.2. The number of aryl methyl sites for hydroxylation is 1. The van der Waals surface area contributed by atoms with Crippen molar-refractivity contribution in [3.05, 3.63) is 53.6 Å². The monoisotopic (exact) mass is 395 g/mol. The molecule has 2 aromatic carbocycles. The van der Waals surface area contributed by atoms with E-state index in [2.05, 4.69) is 10.2 Å². The van der Waals surface area contributed by atoms with Crippen LogP contribution in [0.25, 0.3) is 0 Å². The van der Waals surface area contributed by atoms with E-state index in [4.69, 9.17) is 9.47 Å². The number of morpholine rings is 1. The van der Waals surface area contributed by atoms with Gasteiger partial charge in [0.25, 0.3) is 11.8 Å². The molecule has 1 N–H and O–H groups in total. The zero-order valence-electron chi connectivity index (χ0n) is 16.5. The van der Waals surface area contributed by atoms with E-state index in [1.807, 2.05) is 25.1 Å². The fourth-order valence-electron chi connectivity index (χ4n) is 3.58. The van der Waals surface area contributed by atoms with Gasteiger partial charge in [0.15, 0.2) is 6.61 Å². The topological polar surface area (TPSA) is 71.1 Å². The predicted octanol–water partition coefficient (Wildman–Crippen LogP) is 2.30. The molecule has 29 heavy (non-hydrogen) atoms. The Balaban J connectivity index is 1.50.